The third-order valence-corrected chi connectivity index (χ3v) is 6.38. The van der Waals surface area contributed by atoms with Crippen molar-refractivity contribution in [3.63, 3.8) is 0 Å². The van der Waals surface area contributed by atoms with Crippen LogP contribution in [0, 0.1) is 5.92 Å². The largest absolute Gasteiger partial charge is 0.495 e. The van der Waals surface area contributed by atoms with Crippen molar-refractivity contribution >= 4 is 46.5 Å². The van der Waals surface area contributed by atoms with Gasteiger partial charge in [-0.1, -0.05) is 42.5 Å². The van der Waals surface area contributed by atoms with Crippen LogP contribution in [0.2, 0.25) is 0 Å². The fraction of sp³-hybridized carbons (Fsp3) is 0.250. The number of thioether (sulfide) groups is 1. The lowest BCUT2D eigenvalue weighted by Gasteiger charge is -2.19. The van der Waals surface area contributed by atoms with Crippen LogP contribution >= 0.6 is 11.8 Å². The first-order valence-electron chi connectivity index (χ1n) is 10.5. The summed E-state index contributed by atoms with van der Waals surface area (Å²) in [5.41, 5.74) is 1.46. The van der Waals surface area contributed by atoms with Gasteiger partial charge in [-0.25, -0.2) is 0 Å². The topological polar surface area (TPSA) is 96.0 Å². The molecule has 0 spiro atoms. The van der Waals surface area contributed by atoms with E-state index in [1.54, 1.807) is 29.2 Å². The van der Waals surface area contributed by atoms with Gasteiger partial charge in [0.1, 0.15) is 5.75 Å². The SMILES string of the molecule is COc1ccccc1N1CC(C(=O)NCCN2C(=O)S/C(=C\c3ccccc3)C2=O)CC1=O. The number of methoxy groups -OCH3 is 1. The molecular formula is C24H23N3O5S. The molecule has 2 heterocycles. The Labute approximate surface area is 195 Å². The van der Waals surface area contributed by atoms with Crippen molar-refractivity contribution in [3.8, 4) is 5.75 Å². The summed E-state index contributed by atoms with van der Waals surface area (Å²) < 4.78 is 5.32. The monoisotopic (exact) mass is 465 g/mol. The van der Waals surface area contributed by atoms with Gasteiger partial charge in [0, 0.05) is 26.1 Å². The number of amides is 4. The van der Waals surface area contributed by atoms with Crippen molar-refractivity contribution in [1.29, 1.82) is 0 Å². The molecule has 170 valence electrons. The second-order valence-corrected chi connectivity index (χ2v) is 8.61. The summed E-state index contributed by atoms with van der Waals surface area (Å²) in [6, 6.07) is 16.4. The number of benzene rings is 2. The van der Waals surface area contributed by atoms with Crippen molar-refractivity contribution in [1.82, 2.24) is 10.2 Å². The quantitative estimate of drug-likeness (QED) is 0.632. The number of anilines is 1. The van der Waals surface area contributed by atoms with E-state index in [9.17, 15) is 19.2 Å². The van der Waals surface area contributed by atoms with E-state index >= 15 is 0 Å². The zero-order valence-electron chi connectivity index (χ0n) is 18.0. The van der Waals surface area contributed by atoms with Crippen molar-refractivity contribution in [2.45, 2.75) is 6.42 Å². The van der Waals surface area contributed by atoms with Crippen LogP contribution in [0.15, 0.2) is 59.5 Å². The fourth-order valence-corrected chi connectivity index (χ4v) is 4.66. The van der Waals surface area contributed by atoms with E-state index in [0.29, 0.717) is 16.3 Å². The third kappa shape index (κ3) is 4.93. The first-order valence-corrected chi connectivity index (χ1v) is 11.3. The van der Waals surface area contributed by atoms with E-state index in [4.69, 9.17) is 4.74 Å². The lowest BCUT2D eigenvalue weighted by Crippen LogP contribution is -2.40. The Morgan fingerprint density at radius 1 is 1.12 bits per heavy atom. The highest BCUT2D eigenvalue weighted by molar-refractivity contribution is 8.18. The first kappa shape index (κ1) is 22.6. The minimum Gasteiger partial charge on any atom is -0.495 e. The van der Waals surface area contributed by atoms with Crippen LogP contribution in [0.4, 0.5) is 10.5 Å². The summed E-state index contributed by atoms with van der Waals surface area (Å²) in [7, 11) is 1.53. The lowest BCUT2D eigenvalue weighted by atomic mass is 10.1. The van der Waals surface area contributed by atoms with Gasteiger partial charge in [0.05, 0.1) is 23.6 Å². The maximum Gasteiger partial charge on any atom is 0.293 e. The summed E-state index contributed by atoms with van der Waals surface area (Å²) in [4.78, 5) is 53.0. The zero-order valence-corrected chi connectivity index (χ0v) is 18.8. The molecule has 0 saturated carbocycles. The first-order chi connectivity index (χ1) is 16.0. The van der Waals surface area contributed by atoms with Crippen molar-refractivity contribution in [3.05, 3.63) is 65.1 Å². The van der Waals surface area contributed by atoms with Crippen LogP contribution in [0.1, 0.15) is 12.0 Å². The van der Waals surface area contributed by atoms with Gasteiger partial charge in [-0.15, -0.1) is 0 Å². The Kier molecular flexibility index (Phi) is 6.79. The highest BCUT2D eigenvalue weighted by atomic mass is 32.2. The van der Waals surface area contributed by atoms with Crippen molar-refractivity contribution in [2.24, 2.45) is 5.92 Å². The van der Waals surface area contributed by atoms with Crippen molar-refractivity contribution < 1.29 is 23.9 Å². The van der Waals surface area contributed by atoms with Gasteiger partial charge in [-0.05, 0) is 35.5 Å². The summed E-state index contributed by atoms with van der Waals surface area (Å²) in [6.45, 7) is 0.431. The fourth-order valence-electron chi connectivity index (χ4n) is 3.80. The van der Waals surface area contributed by atoms with Crippen LogP contribution < -0.4 is 15.0 Å². The minimum atomic E-state index is -0.518. The van der Waals surface area contributed by atoms with Gasteiger partial charge in [0.25, 0.3) is 11.1 Å². The number of carbonyl (C=O) groups excluding carboxylic acids is 4. The van der Waals surface area contributed by atoms with E-state index in [-0.39, 0.29) is 49.0 Å². The Bertz CT molecular complexity index is 1120. The second-order valence-electron chi connectivity index (χ2n) is 7.61. The summed E-state index contributed by atoms with van der Waals surface area (Å²) in [5, 5.41) is 2.39. The van der Waals surface area contributed by atoms with E-state index in [2.05, 4.69) is 5.32 Å². The van der Waals surface area contributed by atoms with Gasteiger partial charge >= 0.3 is 0 Å². The van der Waals surface area contributed by atoms with Gasteiger partial charge < -0.3 is 15.0 Å². The van der Waals surface area contributed by atoms with Crippen LogP contribution in [-0.2, 0) is 14.4 Å². The number of nitrogens with zero attached hydrogens (tertiary/aromatic N) is 2. The second kappa shape index (κ2) is 9.91. The van der Waals surface area contributed by atoms with E-state index in [1.165, 1.54) is 7.11 Å². The van der Waals surface area contributed by atoms with Gasteiger partial charge in [0.2, 0.25) is 11.8 Å². The number of para-hydroxylation sites is 2. The lowest BCUT2D eigenvalue weighted by molar-refractivity contribution is -0.127. The van der Waals surface area contributed by atoms with Gasteiger partial charge in [-0.2, -0.15) is 0 Å². The van der Waals surface area contributed by atoms with E-state index in [0.717, 1.165) is 22.2 Å². The number of hydrogen-bond donors (Lipinski definition) is 1. The Balaban J connectivity index is 1.31. The molecule has 4 amide bonds. The molecule has 2 fully saturated rings. The molecule has 2 aromatic carbocycles. The minimum absolute atomic E-state index is 0.0689. The summed E-state index contributed by atoms with van der Waals surface area (Å²) in [5.74, 6) is -0.768. The van der Waals surface area contributed by atoms with Crippen LogP contribution in [0.5, 0.6) is 5.75 Å². The molecule has 1 unspecified atom stereocenters. The molecule has 2 aliphatic heterocycles. The average Bonchev–Trinajstić information content (AvgIpc) is 3.34. The Morgan fingerprint density at radius 2 is 1.85 bits per heavy atom. The number of imide groups is 1. The molecule has 9 heteroatoms. The highest BCUT2D eigenvalue weighted by Gasteiger charge is 2.37. The van der Waals surface area contributed by atoms with Gasteiger partial charge in [0.15, 0.2) is 0 Å². The molecule has 1 N–H and O–H groups in total. The molecule has 0 bridgehead atoms. The van der Waals surface area contributed by atoms with Crippen LogP contribution in [-0.4, -0.2) is 54.6 Å². The molecule has 33 heavy (non-hydrogen) atoms. The standard InChI is InChI=1S/C24H23N3O5S/c1-32-19-10-6-5-9-18(19)27-15-17(14-21(27)28)22(29)25-11-12-26-23(30)20(33-24(26)31)13-16-7-3-2-4-8-16/h2-10,13,17H,11-12,14-15H2,1H3,(H,25,29)/b20-13-. The predicted octanol–water partition coefficient (Wildman–Crippen LogP) is 2.90. The number of rotatable bonds is 7. The maximum absolute atomic E-state index is 12.6. The molecule has 0 radical (unpaired) electrons. The molecule has 1 atom stereocenters. The smallest absolute Gasteiger partial charge is 0.293 e. The molecular weight excluding hydrogens is 442 g/mol. The maximum atomic E-state index is 12.6. The normalized spacial score (nSPS) is 19.5. The molecule has 0 aromatic heterocycles. The Morgan fingerprint density at radius 3 is 2.61 bits per heavy atom. The number of ether oxygens (including phenoxy) is 1. The zero-order chi connectivity index (χ0) is 23.4. The Hall–Kier alpha value is -3.59. The predicted molar refractivity (Wildman–Crippen MR) is 126 cm³/mol. The van der Waals surface area contributed by atoms with E-state index < -0.39 is 5.92 Å². The number of carbonyl (C=O) groups is 4. The molecule has 2 aromatic rings. The number of nitrogens with one attached hydrogen (secondary N) is 1. The highest BCUT2D eigenvalue weighted by Crippen LogP contribution is 2.33. The molecule has 2 saturated heterocycles. The van der Waals surface area contributed by atoms with Crippen LogP contribution in [0.25, 0.3) is 6.08 Å². The molecule has 2 aliphatic rings. The molecule has 0 aliphatic carbocycles. The molecule has 4 rings (SSSR count). The number of hydrogen-bond acceptors (Lipinski definition) is 6. The summed E-state index contributed by atoms with van der Waals surface area (Å²) in [6.07, 6.45) is 1.77. The van der Waals surface area contributed by atoms with Crippen LogP contribution in [0.3, 0.4) is 0 Å². The summed E-state index contributed by atoms with van der Waals surface area (Å²) >= 11 is 0.885. The van der Waals surface area contributed by atoms with Crippen molar-refractivity contribution in [2.75, 3.05) is 31.6 Å². The van der Waals surface area contributed by atoms with Gasteiger partial charge in [-0.3, -0.25) is 24.1 Å². The van der Waals surface area contributed by atoms with E-state index in [1.807, 2.05) is 36.4 Å². The third-order valence-electron chi connectivity index (χ3n) is 5.48. The average molecular weight is 466 g/mol. The molecule has 8 nitrogen and oxygen atoms in total.